The Hall–Kier alpha value is -3.79. The number of fused-ring (bicyclic) bond motifs is 1. The summed E-state index contributed by atoms with van der Waals surface area (Å²) in [7, 11) is 1.24. The van der Waals surface area contributed by atoms with Crippen molar-refractivity contribution in [1.29, 1.82) is 5.26 Å². The number of nitrogens with two attached hydrogens (primary N) is 1. The van der Waals surface area contributed by atoms with Gasteiger partial charge < -0.3 is 20.4 Å². The van der Waals surface area contributed by atoms with Crippen molar-refractivity contribution in [2.24, 2.45) is 0 Å². The Bertz CT molecular complexity index is 1080. The number of nitrogens with one attached hydrogen (secondary N) is 1. The fourth-order valence-electron chi connectivity index (χ4n) is 2.85. The summed E-state index contributed by atoms with van der Waals surface area (Å²) in [4.78, 5) is 23.8. The Labute approximate surface area is 149 Å². The van der Waals surface area contributed by atoms with Gasteiger partial charge >= 0.3 is 5.97 Å². The van der Waals surface area contributed by atoms with Crippen molar-refractivity contribution in [3.05, 3.63) is 53.9 Å². The number of methoxy groups -OCH3 is 1. The molecule has 0 spiro atoms. The third-order valence-electron chi connectivity index (χ3n) is 3.98. The first-order chi connectivity index (χ1) is 12.5. The molecule has 0 atom stereocenters. The van der Waals surface area contributed by atoms with E-state index >= 15 is 0 Å². The van der Waals surface area contributed by atoms with Gasteiger partial charge in [0.1, 0.15) is 6.07 Å². The normalized spacial score (nSPS) is 10.3. The predicted molar refractivity (Wildman–Crippen MR) is 98.0 cm³/mol. The minimum absolute atomic E-state index is 0.0496. The van der Waals surface area contributed by atoms with Crippen LogP contribution in [0.25, 0.3) is 16.5 Å². The maximum Gasteiger partial charge on any atom is 0.357 e. The second kappa shape index (κ2) is 6.61. The van der Waals surface area contributed by atoms with Gasteiger partial charge in [-0.15, -0.1) is 0 Å². The summed E-state index contributed by atoms with van der Waals surface area (Å²) in [6.45, 7) is 1.42. The van der Waals surface area contributed by atoms with Crippen molar-refractivity contribution in [3.8, 4) is 11.8 Å². The Morgan fingerprint density at radius 2 is 2.00 bits per heavy atom. The van der Waals surface area contributed by atoms with Crippen LogP contribution in [0.1, 0.15) is 23.0 Å². The monoisotopic (exact) mass is 348 g/mol. The molecule has 7 heteroatoms. The lowest BCUT2D eigenvalue weighted by Gasteiger charge is -2.13. The van der Waals surface area contributed by atoms with Crippen LogP contribution in [0.5, 0.6) is 0 Å². The lowest BCUT2D eigenvalue weighted by molar-refractivity contribution is -0.114. The van der Waals surface area contributed by atoms with Crippen molar-refractivity contribution in [2.45, 2.75) is 6.92 Å². The fraction of sp³-hybridized carbons (Fsp3) is 0.105. The number of hydrogen-bond acceptors (Lipinski definition) is 5. The van der Waals surface area contributed by atoms with Crippen LogP contribution in [0.2, 0.25) is 0 Å². The van der Waals surface area contributed by atoms with Gasteiger partial charge in [-0.25, -0.2) is 4.79 Å². The van der Waals surface area contributed by atoms with Crippen LogP contribution >= 0.6 is 0 Å². The van der Waals surface area contributed by atoms with Gasteiger partial charge in [0, 0.05) is 24.2 Å². The molecule has 0 aliphatic heterocycles. The highest BCUT2D eigenvalue weighted by molar-refractivity contribution is 6.03. The summed E-state index contributed by atoms with van der Waals surface area (Å²) in [5.41, 5.74) is 7.39. The third-order valence-corrected chi connectivity index (χ3v) is 3.98. The van der Waals surface area contributed by atoms with Crippen LogP contribution in [-0.4, -0.2) is 23.6 Å². The van der Waals surface area contributed by atoms with Gasteiger partial charge in [-0.2, -0.15) is 5.26 Å². The molecule has 0 aliphatic carbocycles. The fourth-order valence-corrected chi connectivity index (χ4v) is 2.85. The number of anilines is 2. The minimum Gasteiger partial charge on any atom is -0.464 e. The first kappa shape index (κ1) is 17.0. The summed E-state index contributed by atoms with van der Waals surface area (Å²) in [5, 5.41) is 13.8. The molecular weight excluding hydrogens is 332 g/mol. The number of hydrogen-bond donors (Lipinski definition) is 2. The smallest absolute Gasteiger partial charge is 0.357 e. The van der Waals surface area contributed by atoms with Gasteiger partial charge in [0.25, 0.3) is 0 Å². The lowest BCUT2D eigenvalue weighted by atomic mass is 10.1. The number of esters is 1. The zero-order valence-corrected chi connectivity index (χ0v) is 14.2. The topological polar surface area (TPSA) is 110 Å². The summed E-state index contributed by atoms with van der Waals surface area (Å²) < 4.78 is 6.30. The number of aromatic nitrogens is 1. The van der Waals surface area contributed by atoms with E-state index in [-0.39, 0.29) is 22.9 Å². The molecule has 0 aliphatic rings. The number of benzene rings is 2. The van der Waals surface area contributed by atoms with E-state index in [1.807, 2.05) is 36.4 Å². The first-order valence-corrected chi connectivity index (χ1v) is 7.76. The predicted octanol–water partition coefficient (Wildman–Crippen LogP) is 2.83. The van der Waals surface area contributed by atoms with Crippen LogP contribution in [0, 0.1) is 11.3 Å². The van der Waals surface area contributed by atoms with Crippen molar-refractivity contribution < 1.29 is 14.3 Å². The molecule has 7 nitrogen and oxygen atoms in total. The Kier molecular flexibility index (Phi) is 4.33. The Balaban J connectivity index is 2.31. The SMILES string of the molecule is COC(=O)c1c(N)c(C#N)cn1-c1cc(NC(C)=O)c2ccccc2c1. The maximum absolute atomic E-state index is 12.2. The standard InChI is InChI=1S/C19H16N4O3/c1-11(24)22-16-8-14(7-12-5-3-4-6-15(12)16)23-10-13(9-20)17(21)18(23)19(25)26-2/h3-8,10H,21H2,1-2H3,(H,22,24). The Morgan fingerprint density at radius 1 is 1.27 bits per heavy atom. The number of nitriles is 1. The minimum atomic E-state index is -0.654. The van der Waals surface area contributed by atoms with Gasteiger partial charge in [-0.1, -0.05) is 24.3 Å². The molecule has 1 aromatic heterocycles. The molecule has 3 N–H and O–H groups in total. The molecule has 130 valence electrons. The van der Waals surface area contributed by atoms with Crippen LogP contribution in [-0.2, 0) is 9.53 Å². The molecule has 0 fully saturated rings. The van der Waals surface area contributed by atoms with E-state index in [0.29, 0.717) is 11.4 Å². The second-order valence-corrected chi connectivity index (χ2v) is 5.67. The van der Waals surface area contributed by atoms with Gasteiger partial charge in [0.2, 0.25) is 5.91 Å². The van der Waals surface area contributed by atoms with E-state index in [1.165, 1.54) is 24.8 Å². The largest absolute Gasteiger partial charge is 0.464 e. The molecule has 0 saturated carbocycles. The summed E-state index contributed by atoms with van der Waals surface area (Å²) >= 11 is 0. The number of carbonyl (C=O) groups excluding carboxylic acids is 2. The van der Waals surface area contributed by atoms with Crippen LogP contribution in [0.3, 0.4) is 0 Å². The number of rotatable bonds is 3. The number of carbonyl (C=O) groups is 2. The third kappa shape index (κ3) is 2.84. The van der Waals surface area contributed by atoms with Crippen molar-refractivity contribution >= 4 is 34.0 Å². The molecule has 1 heterocycles. The second-order valence-electron chi connectivity index (χ2n) is 5.67. The van der Waals surface area contributed by atoms with Gasteiger partial charge in [0.05, 0.1) is 24.0 Å². The zero-order chi connectivity index (χ0) is 18.8. The molecule has 2 aromatic carbocycles. The highest BCUT2D eigenvalue weighted by Gasteiger charge is 2.22. The first-order valence-electron chi connectivity index (χ1n) is 7.76. The van der Waals surface area contributed by atoms with Crippen molar-refractivity contribution in [1.82, 2.24) is 4.57 Å². The van der Waals surface area contributed by atoms with Gasteiger partial charge in [0.15, 0.2) is 5.69 Å². The Morgan fingerprint density at radius 3 is 2.65 bits per heavy atom. The molecule has 0 unspecified atom stereocenters. The average Bonchev–Trinajstić information content (AvgIpc) is 2.97. The van der Waals surface area contributed by atoms with Crippen LogP contribution < -0.4 is 11.1 Å². The molecule has 0 bridgehead atoms. The van der Waals surface area contributed by atoms with Crippen molar-refractivity contribution in [2.75, 3.05) is 18.2 Å². The summed E-state index contributed by atoms with van der Waals surface area (Å²) in [6.07, 6.45) is 1.48. The molecule has 0 radical (unpaired) electrons. The average molecular weight is 348 g/mol. The summed E-state index contributed by atoms with van der Waals surface area (Å²) in [6, 6.07) is 13.0. The van der Waals surface area contributed by atoms with Crippen LogP contribution in [0.4, 0.5) is 11.4 Å². The maximum atomic E-state index is 12.2. The molecule has 1 amide bonds. The quantitative estimate of drug-likeness (QED) is 0.707. The highest BCUT2D eigenvalue weighted by atomic mass is 16.5. The van der Waals surface area contributed by atoms with Crippen molar-refractivity contribution in [3.63, 3.8) is 0 Å². The van der Waals surface area contributed by atoms with E-state index in [2.05, 4.69) is 5.32 Å². The molecular formula is C19H16N4O3. The van der Waals surface area contributed by atoms with E-state index < -0.39 is 5.97 Å². The number of ether oxygens (including phenoxy) is 1. The van der Waals surface area contributed by atoms with Gasteiger partial charge in [-0.3, -0.25) is 4.79 Å². The lowest BCUT2D eigenvalue weighted by Crippen LogP contribution is -2.12. The summed E-state index contributed by atoms with van der Waals surface area (Å²) in [5.74, 6) is -0.872. The number of nitrogens with zero attached hydrogens (tertiary/aromatic N) is 2. The highest BCUT2D eigenvalue weighted by Crippen LogP contribution is 2.31. The van der Waals surface area contributed by atoms with E-state index in [4.69, 9.17) is 10.5 Å². The van der Waals surface area contributed by atoms with Gasteiger partial charge in [-0.05, 0) is 17.5 Å². The number of amides is 1. The van der Waals surface area contributed by atoms with E-state index in [0.717, 1.165) is 10.8 Å². The van der Waals surface area contributed by atoms with Crippen LogP contribution in [0.15, 0.2) is 42.6 Å². The van der Waals surface area contributed by atoms with E-state index in [9.17, 15) is 14.9 Å². The van der Waals surface area contributed by atoms with E-state index in [1.54, 1.807) is 6.07 Å². The molecule has 26 heavy (non-hydrogen) atoms. The zero-order valence-electron chi connectivity index (χ0n) is 14.2. The number of nitrogen functional groups attached to an aromatic ring is 1. The molecule has 3 aromatic rings. The molecule has 0 saturated heterocycles. The molecule has 3 rings (SSSR count).